The first kappa shape index (κ1) is 15.5. The first-order chi connectivity index (χ1) is 9.74. The molecule has 6 nitrogen and oxygen atoms in total. The number of rotatable bonds is 4. The molecule has 0 spiro atoms. The second-order valence-corrected chi connectivity index (χ2v) is 4.93. The van der Waals surface area contributed by atoms with E-state index in [9.17, 15) is 4.79 Å². The number of halogens is 1. The summed E-state index contributed by atoms with van der Waals surface area (Å²) in [5.74, 6) is -0.752. The molecule has 7 heteroatoms. The minimum absolute atomic E-state index is 0. The zero-order valence-corrected chi connectivity index (χ0v) is 12.2. The van der Waals surface area contributed by atoms with Gasteiger partial charge in [-0.1, -0.05) is 18.2 Å². The number of para-hydroxylation sites is 1. The fraction of sp³-hybridized carbons (Fsp3) is 0.357. The monoisotopic (exact) mass is 308 g/mol. The third-order valence-corrected chi connectivity index (χ3v) is 3.54. The number of carbonyl (C=O) groups is 1. The number of hydrogen-bond donors (Lipinski definition) is 1. The maximum absolute atomic E-state index is 11.1. The average Bonchev–Trinajstić information content (AvgIpc) is 3.09. The van der Waals surface area contributed by atoms with Gasteiger partial charge in [0.1, 0.15) is 6.04 Å². The molecule has 0 unspecified atom stereocenters. The number of likely N-dealkylation sites (tertiary alicyclic amines) is 1. The lowest BCUT2D eigenvalue weighted by Crippen LogP contribution is -2.35. The summed E-state index contributed by atoms with van der Waals surface area (Å²) in [6.45, 7) is 1.33. The van der Waals surface area contributed by atoms with Gasteiger partial charge in [0.2, 0.25) is 0 Å². The fourth-order valence-electron chi connectivity index (χ4n) is 2.56. The summed E-state index contributed by atoms with van der Waals surface area (Å²) >= 11 is 0. The number of hydrogen-bond acceptors (Lipinski definition) is 4. The largest absolute Gasteiger partial charge is 0.480 e. The lowest BCUT2D eigenvalue weighted by atomic mass is 10.2. The maximum Gasteiger partial charge on any atom is 0.320 e. The standard InChI is InChI=1S/C14H16N4O2.ClH/c19-14(20)13-7-4-8-17(13)10-11-9-15-18(16-11)12-5-2-1-3-6-12;/h1-3,5-6,9,13H,4,7-8,10H2,(H,19,20);1H/t13-;/m1./s1. The van der Waals surface area contributed by atoms with E-state index in [2.05, 4.69) is 10.2 Å². The summed E-state index contributed by atoms with van der Waals surface area (Å²) < 4.78 is 0. The van der Waals surface area contributed by atoms with Crippen LogP contribution >= 0.6 is 12.4 Å². The van der Waals surface area contributed by atoms with Crippen LogP contribution < -0.4 is 0 Å². The van der Waals surface area contributed by atoms with Crippen LogP contribution in [0.4, 0.5) is 0 Å². The topological polar surface area (TPSA) is 71.2 Å². The molecule has 0 aliphatic carbocycles. The average molecular weight is 309 g/mol. The molecule has 3 rings (SSSR count). The predicted molar refractivity (Wildman–Crippen MR) is 79.7 cm³/mol. The lowest BCUT2D eigenvalue weighted by Gasteiger charge is -2.19. The third kappa shape index (κ3) is 3.40. The molecular weight excluding hydrogens is 292 g/mol. The van der Waals surface area contributed by atoms with Crippen molar-refractivity contribution in [3.05, 3.63) is 42.2 Å². The second kappa shape index (κ2) is 6.69. The third-order valence-electron chi connectivity index (χ3n) is 3.54. The van der Waals surface area contributed by atoms with E-state index in [4.69, 9.17) is 5.11 Å². The van der Waals surface area contributed by atoms with Gasteiger partial charge in [0.25, 0.3) is 0 Å². The van der Waals surface area contributed by atoms with Crippen molar-refractivity contribution in [3.8, 4) is 5.69 Å². The Balaban J connectivity index is 0.00000161. The van der Waals surface area contributed by atoms with Crippen LogP contribution in [-0.2, 0) is 11.3 Å². The van der Waals surface area contributed by atoms with E-state index < -0.39 is 12.0 Å². The molecule has 2 heterocycles. The smallest absolute Gasteiger partial charge is 0.320 e. The van der Waals surface area contributed by atoms with Gasteiger partial charge >= 0.3 is 5.97 Å². The van der Waals surface area contributed by atoms with Crippen molar-refractivity contribution in [2.45, 2.75) is 25.4 Å². The lowest BCUT2D eigenvalue weighted by molar-refractivity contribution is -0.142. The van der Waals surface area contributed by atoms with Gasteiger partial charge in [-0.25, -0.2) is 0 Å². The summed E-state index contributed by atoms with van der Waals surface area (Å²) in [6.07, 6.45) is 3.33. The second-order valence-electron chi connectivity index (χ2n) is 4.93. The summed E-state index contributed by atoms with van der Waals surface area (Å²) in [5.41, 5.74) is 1.69. The minimum Gasteiger partial charge on any atom is -0.480 e. The number of aliphatic carboxylic acids is 1. The van der Waals surface area contributed by atoms with E-state index >= 15 is 0 Å². The van der Waals surface area contributed by atoms with Crippen LogP contribution in [0.1, 0.15) is 18.5 Å². The molecule has 1 aliphatic heterocycles. The van der Waals surface area contributed by atoms with Crippen LogP contribution in [0.5, 0.6) is 0 Å². The van der Waals surface area contributed by atoms with Crippen molar-refractivity contribution in [1.29, 1.82) is 0 Å². The Hall–Kier alpha value is -1.92. The Morgan fingerprint density at radius 1 is 1.33 bits per heavy atom. The van der Waals surface area contributed by atoms with Crippen LogP contribution in [0.3, 0.4) is 0 Å². The van der Waals surface area contributed by atoms with Crippen LogP contribution in [0.25, 0.3) is 5.69 Å². The Morgan fingerprint density at radius 3 is 2.81 bits per heavy atom. The molecule has 1 aliphatic rings. The van der Waals surface area contributed by atoms with Crippen LogP contribution in [0.2, 0.25) is 0 Å². The van der Waals surface area contributed by atoms with Gasteiger partial charge in [-0.3, -0.25) is 9.69 Å². The van der Waals surface area contributed by atoms with Crippen molar-refractivity contribution >= 4 is 18.4 Å². The van der Waals surface area contributed by atoms with Gasteiger partial charge in [0, 0.05) is 6.54 Å². The number of benzene rings is 1. The first-order valence-corrected chi connectivity index (χ1v) is 6.67. The van der Waals surface area contributed by atoms with Gasteiger partial charge < -0.3 is 5.11 Å². The van der Waals surface area contributed by atoms with Crippen LogP contribution in [-0.4, -0.2) is 43.6 Å². The van der Waals surface area contributed by atoms with E-state index in [0.29, 0.717) is 13.0 Å². The molecule has 1 aromatic heterocycles. The van der Waals surface area contributed by atoms with Crippen molar-refractivity contribution in [2.24, 2.45) is 0 Å². The van der Waals surface area contributed by atoms with Gasteiger partial charge in [0.05, 0.1) is 17.6 Å². The quantitative estimate of drug-likeness (QED) is 0.931. The van der Waals surface area contributed by atoms with E-state index in [0.717, 1.165) is 24.3 Å². The van der Waals surface area contributed by atoms with Crippen molar-refractivity contribution in [1.82, 2.24) is 19.9 Å². The molecular formula is C14H17ClN4O2. The fourth-order valence-corrected chi connectivity index (χ4v) is 2.56. The molecule has 0 saturated carbocycles. The molecule has 0 amide bonds. The summed E-state index contributed by atoms with van der Waals surface area (Å²) in [5, 5.41) is 17.8. The Kier molecular flexibility index (Phi) is 4.93. The zero-order chi connectivity index (χ0) is 13.9. The molecule has 2 aromatic rings. The maximum atomic E-state index is 11.1. The van der Waals surface area contributed by atoms with Crippen molar-refractivity contribution in [2.75, 3.05) is 6.54 Å². The first-order valence-electron chi connectivity index (χ1n) is 6.67. The highest BCUT2D eigenvalue weighted by molar-refractivity contribution is 5.85. The summed E-state index contributed by atoms with van der Waals surface area (Å²) in [7, 11) is 0. The highest BCUT2D eigenvalue weighted by Crippen LogP contribution is 2.19. The van der Waals surface area contributed by atoms with Gasteiger partial charge in [-0.05, 0) is 31.5 Å². The number of nitrogens with zero attached hydrogens (tertiary/aromatic N) is 4. The van der Waals surface area contributed by atoms with E-state index in [1.54, 1.807) is 11.0 Å². The number of carboxylic acids is 1. The van der Waals surface area contributed by atoms with E-state index in [-0.39, 0.29) is 12.4 Å². The molecule has 1 aromatic carbocycles. The highest BCUT2D eigenvalue weighted by Gasteiger charge is 2.30. The Morgan fingerprint density at radius 2 is 2.10 bits per heavy atom. The minimum atomic E-state index is -0.752. The Bertz CT molecular complexity index is 602. The summed E-state index contributed by atoms with van der Waals surface area (Å²) in [6, 6.07) is 9.27. The zero-order valence-electron chi connectivity index (χ0n) is 11.4. The van der Waals surface area contributed by atoms with E-state index in [1.165, 1.54) is 0 Å². The molecule has 1 atom stereocenters. The molecule has 1 fully saturated rings. The summed E-state index contributed by atoms with van der Waals surface area (Å²) in [4.78, 5) is 14.7. The number of carboxylic acid groups (broad SMARTS) is 1. The van der Waals surface area contributed by atoms with Crippen LogP contribution in [0.15, 0.2) is 36.5 Å². The Labute approximate surface area is 128 Å². The molecule has 21 heavy (non-hydrogen) atoms. The van der Waals surface area contributed by atoms with Gasteiger partial charge in [-0.15, -0.1) is 12.4 Å². The molecule has 0 radical (unpaired) electrons. The number of aromatic nitrogens is 3. The van der Waals surface area contributed by atoms with Gasteiger partial charge in [-0.2, -0.15) is 15.0 Å². The van der Waals surface area contributed by atoms with Crippen molar-refractivity contribution < 1.29 is 9.90 Å². The molecule has 0 bridgehead atoms. The SMILES string of the molecule is Cl.O=C(O)[C@H]1CCCN1Cc1cnn(-c2ccccc2)n1. The van der Waals surface area contributed by atoms with Gasteiger partial charge in [0.15, 0.2) is 0 Å². The molecule has 112 valence electrons. The van der Waals surface area contributed by atoms with Crippen molar-refractivity contribution in [3.63, 3.8) is 0 Å². The molecule has 1 saturated heterocycles. The normalized spacial score (nSPS) is 18.4. The predicted octanol–water partition coefficient (Wildman–Crippen LogP) is 1.74. The van der Waals surface area contributed by atoms with E-state index in [1.807, 2.05) is 35.2 Å². The molecule has 1 N–H and O–H groups in total. The highest BCUT2D eigenvalue weighted by atomic mass is 35.5. The van der Waals surface area contributed by atoms with Crippen LogP contribution in [0, 0.1) is 0 Å².